The monoisotopic (exact) mass is 441 g/mol. The van der Waals surface area contributed by atoms with Gasteiger partial charge in [0.05, 0.1) is 13.0 Å². The molecule has 2 saturated heterocycles. The van der Waals surface area contributed by atoms with Crippen LogP contribution in [0.25, 0.3) is 0 Å². The number of thioether (sulfide) groups is 1. The number of hydrogen-bond acceptors (Lipinski definition) is 6. The smallest absolute Gasteiger partial charge is 0.254 e. The summed E-state index contributed by atoms with van der Waals surface area (Å²) in [6, 6.07) is 15.8. The molecule has 4 atom stereocenters. The first-order chi connectivity index (χ1) is 14.8. The van der Waals surface area contributed by atoms with E-state index < -0.39 is 29.0 Å². The lowest BCUT2D eigenvalue weighted by Crippen LogP contribution is -2.73. The molecule has 164 valence electrons. The quantitative estimate of drug-likeness (QED) is 0.634. The molecule has 0 saturated carbocycles. The molecule has 0 aromatic heterocycles. The van der Waals surface area contributed by atoms with E-state index in [-0.39, 0.29) is 5.91 Å². The van der Waals surface area contributed by atoms with Gasteiger partial charge in [-0.2, -0.15) is 0 Å². The maximum absolute atomic E-state index is 13.0. The first kappa shape index (κ1) is 21.7. The van der Waals surface area contributed by atoms with Crippen LogP contribution in [0.5, 0.6) is 5.75 Å². The standard InChI is InChI=1S/C23H27N3O4S/c1-23-20(22(29)26(23)13-16-8-10-17(30-2)11-9-16)25(14-31-23)21(28)19(27)18(24)12-15-6-4-3-5-7-15/h3-11,18-20,27H,12-14,24H2,1-2H3/t18-,19-,20+,23?/m0/s1. The van der Waals surface area contributed by atoms with E-state index in [9.17, 15) is 14.7 Å². The van der Waals surface area contributed by atoms with Crippen LogP contribution in [0.15, 0.2) is 54.6 Å². The first-order valence-electron chi connectivity index (χ1n) is 10.2. The molecule has 0 aliphatic carbocycles. The fourth-order valence-electron chi connectivity index (χ4n) is 4.22. The van der Waals surface area contributed by atoms with Crippen molar-refractivity contribution >= 4 is 23.6 Å². The van der Waals surface area contributed by atoms with Crippen LogP contribution in [0, 0.1) is 0 Å². The number of ether oxygens (including phenoxy) is 1. The number of aliphatic hydroxyl groups is 1. The number of nitrogens with two attached hydrogens (primary N) is 1. The van der Waals surface area contributed by atoms with Gasteiger partial charge in [-0.25, -0.2) is 0 Å². The Hall–Kier alpha value is -2.55. The Bertz CT molecular complexity index is 955. The maximum atomic E-state index is 13.0. The van der Waals surface area contributed by atoms with Gasteiger partial charge in [-0.1, -0.05) is 42.5 Å². The Labute approximate surface area is 186 Å². The second-order valence-electron chi connectivity index (χ2n) is 8.11. The lowest BCUT2D eigenvalue weighted by molar-refractivity contribution is -0.168. The number of aliphatic hydroxyl groups excluding tert-OH is 1. The van der Waals surface area contributed by atoms with Crippen molar-refractivity contribution in [3.8, 4) is 5.75 Å². The van der Waals surface area contributed by atoms with Gasteiger partial charge in [-0.15, -0.1) is 11.8 Å². The molecule has 0 bridgehead atoms. The van der Waals surface area contributed by atoms with E-state index in [0.29, 0.717) is 18.8 Å². The van der Waals surface area contributed by atoms with E-state index in [4.69, 9.17) is 10.5 Å². The van der Waals surface area contributed by atoms with Crippen molar-refractivity contribution < 1.29 is 19.4 Å². The van der Waals surface area contributed by atoms with Crippen molar-refractivity contribution in [2.75, 3.05) is 13.0 Å². The fourth-order valence-corrected chi connectivity index (χ4v) is 5.59. The van der Waals surface area contributed by atoms with Crippen molar-refractivity contribution in [2.45, 2.75) is 42.9 Å². The van der Waals surface area contributed by atoms with Crippen molar-refractivity contribution in [2.24, 2.45) is 5.73 Å². The number of methoxy groups -OCH3 is 1. The van der Waals surface area contributed by atoms with Crippen LogP contribution in [-0.2, 0) is 22.6 Å². The lowest BCUT2D eigenvalue weighted by atomic mass is 9.92. The van der Waals surface area contributed by atoms with Gasteiger partial charge in [-0.3, -0.25) is 9.59 Å². The molecule has 2 aromatic carbocycles. The second-order valence-corrected chi connectivity index (χ2v) is 9.48. The molecule has 31 heavy (non-hydrogen) atoms. The Kier molecular flexibility index (Phi) is 5.96. The SMILES string of the molecule is COc1ccc(CN2C(=O)[C@H]3N(C(=O)[C@@H](O)[C@@H](N)Cc4ccccc4)CSC32C)cc1. The molecular weight excluding hydrogens is 414 g/mol. The van der Waals surface area contributed by atoms with Crippen LogP contribution in [0.2, 0.25) is 0 Å². The summed E-state index contributed by atoms with van der Waals surface area (Å²) in [6.07, 6.45) is -0.972. The molecular formula is C23H27N3O4S. The van der Waals surface area contributed by atoms with Crippen LogP contribution < -0.4 is 10.5 Å². The molecule has 8 heteroatoms. The average molecular weight is 442 g/mol. The van der Waals surface area contributed by atoms with Gasteiger partial charge < -0.3 is 25.4 Å². The van der Waals surface area contributed by atoms with Gasteiger partial charge in [0.2, 0.25) is 5.91 Å². The first-order valence-corrected chi connectivity index (χ1v) is 11.2. The molecule has 2 aliphatic rings. The predicted octanol–water partition coefficient (Wildman–Crippen LogP) is 1.59. The summed E-state index contributed by atoms with van der Waals surface area (Å²) in [6.45, 7) is 2.43. The highest BCUT2D eigenvalue weighted by Crippen LogP contribution is 2.51. The van der Waals surface area contributed by atoms with E-state index in [1.165, 1.54) is 16.7 Å². The fraction of sp³-hybridized carbons (Fsp3) is 0.391. The number of likely N-dealkylation sites (tertiary alicyclic amines) is 1. The molecule has 2 amide bonds. The van der Waals surface area contributed by atoms with Crippen molar-refractivity contribution in [3.63, 3.8) is 0 Å². The summed E-state index contributed by atoms with van der Waals surface area (Å²) in [5.74, 6) is 0.512. The zero-order valence-electron chi connectivity index (χ0n) is 17.6. The molecule has 2 heterocycles. The number of β-lactam (4-membered cyclic amide) rings is 1. The zero-order chi connectivity index (χ0) is 22.2. The van der Waals surface area contributed by atoms with Gasteiger partial charge in [0, 0.05) is 12.6 Å². The van der Waals surface area contributed by atoms with E-state index in [1.54, 1.807) is 12.0 Å². The number of rotatable bonds is 7. The summed E-state index contributed by atoms with van der Waals surface area (Å²) in [7, 11) is 1.61. The normalized spacial score (nSPS) is 24.4. The number of benzene rings is 2. The molecule has 2 aliphatic heterocycles. The summed E-state index contributed by atoms with van der Waals surface area (Å²) in [4.78, 5) is 28.7. The molecule has 3 N–H and O–H groups in total. The highest BCUT2D eigenvalue weighted by Gasteiger charge is 2.65. The number of hydrogen-bond donors (Lipinski definition) is 2. The molecule has 2 aromatic rings. The molecule has 4 rings (SSSR count). The Morgan fingerprint density at radius 2 is 1.90 bits per heavy atom. The minimum Gasteiger partial charge on any atom is -0.497 e. The van der Waals surface area contributed by atoms with Crippen molar-refractivity contribution in [1.82, 2.24) is 9.80 Å². The third kappa shape index (κ3) is 3.91. The molecule has 7 nitrogen and oxygen atoms in total. The predicted molar refractivity (Wildman–Crippen MR) is 119 cm³/mol. The van der Waals surface area contributed by atoms with E-state index in [0.717, 1.165) is 16.9 Å². The minimum absolute atomic E-state index is 0.111. The number of nitrogens with zero attached hydrogens (tertiary/aromatic N) is 2. The second kappa shape index (κ2) is 8.53. The Morgan fingerprint density at radius 1 is 1.23 bits per heavy atom. The van der Waals surface area contributed by atoms with E-state index in [1.807, 2.05) is 61.5 Å². The highest BCUT2D eigenvalue weighted by molar-refractivity contribution is 8.01. The van der Waals surface area contributed by atoms with Gasteiger partial charge in [0.15, 0.2) is 0 Å². The van der Waals surface area contributed by atoms with Gasteiger partial charge in [0.25, 0.3) is 5.91 Å². The summed E-state index contributed by atoms with van der Waals surface area (Å²) < 4.78 is 5.18. The molecule has 1 unspecified atom stereocenters. The minimum atomic E-state index is -1.36. The number of carbonyl (C=O) groups is 2. The number of carbonyl (C=O) groups excluding carboxylic acids is 2. The van der Waals surface area contributed by atoms with Gasteiger partial charge >= 0.3 is 0 Å². The van der Waals surface area contributed by atoms with E-state index in [2.05, 4.69) is 0 Å². The zero-order valence-corrected chi connectivity index (χ0v) is 18.4. The van der Waals surface area contributed by atoms with Crippen LogP contribution in [0.1, 0.15) is 18.1 Å². The van der Waals surface area contributed by atoms with Crippen LogP contribution >= 0.6 is 11.8 Å². The lowest BCUT2D eigenvalue weighted by Gasteiger charge is -2.52. The van der Waals surface area contributed by atoms with Crippen LogP contribution in [0.4, 0.5) is 0 Å². The topological polar surface area (TPSA) is 96.1 Å². The van der Waals surface area contributed by atoms with Crippen molar-refractivity contribution in [3.05, 3.63) is 65.7 Å². The Balaban J connectivity index is 1.41. The van der Waals surface area contributed by atoms with E-state index >= 15 is 0 Å². The van der Waals surface area contributed by atoms with Crippen LogP contribution in [0.3, 0.4) is 0 Å². The molecule has 2 fully saturated rings. The van der Waals surface area contributed by atoms with Gasteiger partial charge in [0.1, 0.15) is 22.8 Å². The summed E-state index contributed by atoms with van der Waals surface area (Å²) >= 11 is 1.54. The summed E-state index contributed by atoms with van der Waals surface area (Å²) in [5.41, 5.74) is 8.07. The van der Waals surface area contributed by atoms with Crippen molar-refractivity contribution in [1.29, 1.82) is 0 Å². The third-order valence-corrected chi connectivity index (χ3v) is 7.54. The van der Waals surface area contributed by atoms with Crippen LogP contribution in [-0.4, -0.2) is 62.8 Å². The third-order valence-electron chi connectivity index (χ3n) is 6.11. The Morgan fingerprint density at radius 3 is 2.55 bits per heavy atom. The molecule has 0 spiro atoms. The molecule has 0 radical (unpaired) electrons. The van der Waals surface area contributed by atoms with Gasteiger partial charge in [-0.05, 0) is 36.6 Å². The summed E-state index contributed by atoms with van der Waals surface area (Å²) in [5, 5.41) is 10.6. The number of amides is 2. The highest BCUT2D eigenvalue weighted by atomic mass is 32.2. The average Bonchev–Trinajstić information content (AvgIpc) is 3.11. The number of fused-ring (bicyclic) bond motifs is 1. The maximum Gasteiger partial charge on any atom is 0.254 e. The largest absolute Gasteiger partial charge is 0.497 e.